The maximum Gasteiger partial charge on any atom is 0.339 e. The molecule has 0 aliphatic rings. The summed E-state index contributed by atoms with van der Waals surface area (Å²) in [6.07, 6.45) is 0. The van der Waals surface area contributed by atoms with Gasteiger partial charge in [0.15, 0.2) is 0 Å². The van der Waals surface area contributed by atoms with Crippen molar-refractivity contribution in [2.75, 3.05) is 12.4 Å². The van der Waals surface area contributed by atoms with Gasteiger partial charge in [-0.05, 0) is 31.2 Å². The number of ether oxygens (including phenoxy) is 1. The second-order valence-electron chi connectivity index (χ2n) is 4.03. The molecule has 1 N–H and O–H groups in total. The Kier molecular flexibility index (Phi) is 3.63. The predicted molar refractivity (Wildman–Crippen MR) is 72.2 cm³/mol. The zero-order valence-electron chi connectivity index (χ0n) is 10.4. The SMILES string of the molecule is COC(=O)c1cc(C)ccc1Nc1ccccc1. The zero-order chi connectivity index (χ0) is 13.0. The lowest BCUT2D eigenvalue weighted by atomic mass is 10.1. The monoisotopic (exact) mass is 241 g/mol. The van der Waals surface area contributed by atoms with E-state index in [0.717, 1.165) is 16.9 Å². The third-order valence-electron chi connectivity index (χ3n) is 2.63. The first-order valence-electron chi connectivity index (χ1n) is 5.72. The van der Waals surface area contributed by atoms with Crippen molar-refractivity contribution in [1.82, 2.24) is 0 Å². The minimum absolute atomic E-state index is 0.336. The molecule has 3 nitrogen and oxygen atoms in total. The van der Waals surface area contributed by atoms with E-state index in [1.807, 2.05) is 55.5 Å². The number of methoxy groups -OCH3 is 1. The van der Waals surface area contributed by atoms with Crippen molar-refractivity contribution in [3.63, 3.8) is 0 Å². The molecule has 92 valence electrons. The molecule has 0 spiro atoms. The summed E-state index contributed by atoms with van der Waals surface area (Å²) < 4.78 is 4.79. The Morgan fingerprint density at radius 2 is 1.83 bits per heavy atom. The van der Waals surface area contributed by atoms with Crippen molar-refractivity contribution in [3.05, 3.63) is 59.7 Å². The lowest BCUT2D eigenvalue weighted by molar-refractivity contribution is 0.0602. The summed E-state index contributed by atoms with van der Waals surface area (Å²) in [4.78, 5) is 11.7. The molecule has 0 aromatic heterocycles. The second-order valence-corrected chi connectivity index (χ2v) is 4.03. The highest BCUT2D eigenvalue weighted by Crippen LogP contribution is 2.22. The van der Waals surface area contributed by atoms with Crippen molar-refractivity contribution in [2.24, 2.45) is 0 Å². The Bertz CT molecular complexity index is 550. The fourth-order valence-electron chi connectivity index (χ4n) is 1.72. The number of para-hydroxylation sites is 1. The van der Waals surface area contributed by atoms with Crippen LogP contribution in [0.2, 0.25) is 0 Å². The minimum atomic E-state index is -0.336. The van der Waals surface area contributed by atoms with Gasteiger partial charge in [-0.2, -0.15) is 0 Å². The van der Waals surface area contributed by atoms with Crippen LogP contribution in [0.25, 0.3) is 0 Å². The number of nitrogens with one attached hydrogen (secondary N) is 1. The number of aryl methyl sites for hydroxylation is 1. The highest BCUT2D eigenvalue weighted by atomic mass is 16.5. The number of anilines is 2. The van der Waals surface area contributed by atoms with Crippen LogP contribution in [-0.4, -0.2) is 13.1 Å². The van der Waals surface area contributed by atoms with Crippen molar-refractivity contribution in [1.29, 1.82) is 0 Å². The van der Waals surface area contributed by atoms with E-state index in [1.54, 1.807) is 0 Å². The van der Waals surface area contributed by atoms with Crippen LogP contribution in [-0.2, 0) is 4.74 Å². The van der Waals surface area contributed by atoms with Crippen LogP contribution in [0.15, 0.2) is 48.5 Å². The lowest BCUT2D eigenvalue weighted by Gasteiger charge is -2.11. The van der Waals surface area contributed by atoms with Crippen LogP contribution >= 0.6 is 0 Å². The van der Waals surface area contributed by atoms with Crippen molar-refractivity contribution in [2.45, 2.75) is 6.92 Å². The second kappa shape index (κ2) is 5.36. The van der Waals surface area contributed by atoms with Crippen LogP contribution in [0.1, 0.15) is 15.9 Å². The average Bonchev–Trinajstić information content (AvgIpc) is 2.41. The van der Waals surface area contributed by atoms with Gasteiger partial charge in [0.1, 0.15) is 0 Å². The van der Waals surface area contributed by atoms with Crippen LogP contribution in [0.5, 0.6) is 0 Å². The Labute approximate surface area is 106 Å². The van der Waals surface area contributed by atoms with Gasteiger partial charge in [0.05, 0.1) is 18.4 Å². The van der Waals surface area contributed by atoms with E-state index in [0.29, 0.717) is 5.56 Å². The minimum Gasteiger partial charge on any atom is -0.465 e. The highest BCUT2D eigenvalue weighted by molar-refractivity contribution is 5.96. The molecular weight excluding hydrogens is 226 g/mol. The molecule has 0 fully saturated rings. The molecule has 0 aliphatic carbocycles. The number of esters is 1. The Morgan fingerprint density at radius 1 is 1.11 bits per heavy atom. The molecule has 0 bridgehead atoms. The van der Waals surface area contributed by atoms with E-state index in [-0.39, 0.29) is 5.97 Å². The summed E-state index contributed by atoms with van der Waals surface area (Å²) >= 11 is 0. The van der Waals surface area contributed by atoms with Crippen molar-refractivity contribution in [3.8, 4) is 0 Å². The first kappa shape index (κ1) is 12.2. The molecule has 0 aliphatic heterocycles. The Hall–Kier alpha value is -2.29. The average molecular weight is 241 g/mol. The van der Waals surface area contributed by atoms with Gasteiger partial charge >= 0.3 is 5.97 Å². The van der Waals surface area contributed by atoms with Gasteiger partial charge in [-0.1, -0.05) is 29.8 Å². The predicted octanol–water partition coefficient (Wildman–Crippen LogP) is 3.53. The van der Waals surface area contributed by atoms with Crippen LogP contribution < -0.4 is 5.32 Å². The van der Waals surface area contributed by atoms with Crippen LogP contribution in [0.3, 0.4) is 0 Å². The normalized spacial score (nSPS) is 9.89. The fraction of sp³-hybridized carbons (Fsp3) is 0.133. The summed E-state index contributed by atoms with van der Waals surface area (Å²) in [6, 6.07) is 15.4. The molecule has 2 aromatic rings. The van der Waals surface area contributed by atoms with Crippen LogP contribution in [0, 0.1) is 6.92 Å². The molecule has 0 amide bonds. The largest absolute Gasteiger partial charge is 0.465 e. The molecule has 3 heteroatoms. The Balaban J connectivity index is 2.35. The summed E-state index contributed by atoms with van der Waals surface area (Å²) in [6.45, 7) is 1.94. The molecule has 0 unspecified atom stereocenters. The fourth-order valence-corrected chi connectivity index (χ4v) is 1.72. The van der Waals surface area contributed by atoms with E-state index < -0.39 is 0 Å². The molecule has 0 saturated carbocycles. The van der Waals surface area contributed by atoms with E-state index >= 15 is 0 Å². The Morgan fingerprint density at radius 3 is 2.50 bits per heavy atom. The molecule has 2 rings (SSSR count). The summed E-state index contributed by atoms with van der Waals surface area (Å²) in [5.41, 5.74) is 3.25. The van der Waals surface area contributed by atoms with Gasteiger partial charge < -0.3 is 10.1 Å². The van der Waals surface area contributed by atoms with Crippen LogP contribution in [0.4, 0.5) is 11.4 Å². The smallest absolute Gasteiger partial charge is 0.339 e. The third-order valence-corrected chi connectivity index (χ3v) is 2.63. The lowest BCUT2D eigenvalue weighted by Crippen LogP contribution is -2.06. The number of hydrogen-bond acceptors (Lipinski definition) is 3. The van der Waals surface area contributed by atoms with Crippen molar-refractivity contribution >= 4 is 17.3 Å². The standard InChI is InChI=1S/C15H15NO2/c1-11-8-9-14(13(10-11)15(17)18-2)16-12-6-4-3-5-7-12/h3-10,16H,1-2H3. The molecule has 0 atom stereocenters. The number of hydrogen-bond donors (Lipinski definition) is 1. The highest BCUT2D eigenvalue weighted by Gasteiger charge is 2.11. The molecule has 0 radical (unpaired) electrons. The van der Waals surface area contributed by atoms with E-state index in [1.165, 1.54) is 7.11 Å². The van der Waals surface area contributed by atoms with Crippen molar-refractivity contribution < 1.29 is 9.53 Å². The van der Waals surface area contributed by atoms with E-state index in [2.05, 4.69) is 5.32 Å². The topological polar surface area (TPSA) is 38.3 Å². The van der Waals surface area contributed by atoms with Gasteiger partial charge in [0.25, 0.3) is 0 Å². The molecule has 2 aromatic carbocycles. The number of rotatable bonds is 3. The quantitative estimate of drug-likeness (QED) is 0.835. The van der Waals surface area contributed by atoms with E-state index in [4.69, 9.17) is 4.74 Å². The molecular formula is C15H15NO2. The molecule has 18 heavy (non-hydrogen) atoms. The number of benzene rings is 2. The van der Waals surface area contributed by atoms with Gasteiger partial charge in [0.2, 0.25) is 0 Å². The summed E-state index contributed by atoms with van der Waals surface area (Å²) in [7, 11) is 1.39. The maximum atomic E-state index is 11.7. The first-order chi connectivity index (χ1) is 8.70. The molecule has 0 saturated heterocycles. The van der Waals surface area contributed by atoms with Gasteiger partial charge in [-0.15, -0.1) is 0 Å². The maximum absolute atomic E-state index is 11.7. The number of carbonyl (C=O) groups excluding carboxylic acids is 1. The summed E-state index contributed by atoms with van der Waals surface area (Å²) in [5.74, 6) is -0.336. The van der Waals surface area contributed by atoms with Gasteiger partial charge in [0, 0.05) is 5.69 Å². The first-order valence-corrected chi connectivity index (χ1v) is 5.72. The third kappa shape index (κ3) is 2.69. The number of carbonyl (C=O) groups is 1. The zero-order valence-corrected chi connectivity index (χ0v) is 10.4. The summed E-state index contributed by atoms with van der Waals surface area (Å²) in [5, 5.41) is 3.21. The van der Waals surface area contributed by atoms with E-state index in [9.17, 15) is 4.79 Å². The van der Waals surface area contributed by atoms with Gasteiger partial charge in [-0.25, -0.2) is 4.79 Å². The molecule has 0 heterocycles. The van der Waals surface area contributed by atoms with Gasteiger partial charge in [-0.3, -0.25) is 0 Å².